The molecule has 1 aliphatic heterocycles. The summed E-state index contributed by atoms with van der Waals surface area (Å²) in [7, 11) is 1.34. The summed E-state index contributed by atoms with van der Waals surface area (Å²) in [6.45, 7) is 5.19. The van der Waals surface area contributed by atoms with Crippen molar-refractivity contribution >= 4 is 11.9 Å². The van der Waals surface area contributed by atoms with Crippen molar-refractivity contribution in [3.63, 3.8) is 0 Å². The Hall–Kier alpha value is -2.86. The third-order valence-electron chi connectivity index (χ3n) is 5.46. The van der Waals surface area contributed by atoms with Gasteiger partial charge in [0.15, 0.2) is 6.04 Å². The fraction of sp³-hybridized carbons (Fsp3) is 0.417. The molecular formula is C24H30N2O4. The van der Waals surface area contributed by atoms with Gasteiger partial charge in [-0.05, 0) is 56.1 Å². The predicted octanol–water partition coefficient (Wildman–Crippen LogP) is 3.33. The second-order valence-electron chi connectivity index (χ2n) is 7.50. The maximum atomic E-state index is 12.8. The van der Waals surface area contributed by atoms with Crippen molar-refractivity contribution < 1.29 is 19.1 Å². The molecule has 1 fully saturated rings. The first-order valence-electron chi connectivity index (χ1n) is 10.5. The van der Waals surface area contributed by atoms with Gasteiger partial charge in [0.2, 0.25) is 5.91 Å². The number of benzene rings is 2. The molecule has 1 amide bonds. The van der Waals surface area contributed by atoms with Crippen molar-refractivity contribution in [2.75, 3.05) is 26.8 Å². The van der Waals surface area contributed by atoms with Crippen molar-refractivity contribution in [1.29, 1.82) is 0 Å². The number of amides is 1. The highest BCUT2D eigenvalue weighted by molar-refractivity contribution is 5.86. The standard InChI is InChI=1S/C24H30N2O4/c1-3-30-21-11-9-18(10-12-21)17-26-15-13-20(14-16-26)23(27)25-22(24(28)29-2)19-7-5-4-6-8-19/h4-12,20,22H,3,13-17H2,1-2H3,(H,25,27)/t22-/m1/s1. The number of carbonyl (C=O) groups excluding carboxylic acids is 2. The molecule has 1 aliphatic rings. The van der Waals surface area contributed by atoms with E-state index in [9.17, 15) is 9.59 Å². The van der Waals surface area contributed by atoms with Gasteiger partial charge in [-0.15, -0.1) is 0 Å². The smallest absolute Gasteiger partial charge is 0.333 e. The van der Waals surface area contributed by atoms with Gasteiger partial charge in [0.1, 0.15) is 5.75 Å². The van der Waals surface area contributed by atoms with Gasteiger partial charge in [0, 0.05) is 12.5 Å². The van der Waals surface area contributed by atoms with Gasteiger partial charge in [0.25, 0.3) is 0 Å². The van der Waals surface area contributed by atoms with E-state index in [1.54, 1.807) is 0 Å². The second-order valence-corrected chi connectivity index (χ2v) is 7.50. The topological polar surface area (TPSA) is 67.9 Å². The average molecular weight is 411 g/mol. The molecule has 1 heterocycles. The lowest BCUT2D eigenvalue weighted by Crippen LogP contribution is -2.43. The second kappa shape index (κ2) is 10.8. The van der Waals surface area contributed by atoms with Gasteiger partial charge in [-0.25, -0.2) is 4.79 Å². The lowest BCUT2D eigenvalue weighted by atomic mass is 9.94. The van der Waals surface area contributed by atoms with E-state index in [0.717, 1.165) is 43.8 Å². The number of nitrogens with zero attached hydrogens (tertiary/aromatic N) is 1. The van der Waals surface area contributed by atoms with Gasteiger partial charge < -0.3 is 14.8 Å². The molecule has 0 bridgehead atoms. The largest absolute Gasteiger partial charge is 0.494 e. The minimum Gasteiger partial charge on any atom is -0.494 e. The van der Waals surface area contributed by atoms with Gasteiger partial charge in [0.05, 0.1) is 13.7 Å². The first-order chi connectivity index (χ1) is 14.6. The number of hydrogen-bond acceptors (Lipinski definition) is 5. The Labute approximate surface area is 178 Å². The molecular weight excluding hydrogens is 380 g/mol. The Balaban J connectivity index is 1.52. The number of esters is 1. The van der Waals surface area contributed by atoms with Crippen LogP contribution in [0.25, 0.3) is 0 Å². The first-order valence-corrected chi connectivity index (χ1v) is 10.5. The molecule has 0 radical (unpaired) electrons. The van der Waals surface area contributed by atoms with E-state index in [2.05, 4.69) is 22.3 Å². The van der Waals surface area contributed by atoms with E-state index in [-0.39, 0.29) is 11.8 Å². The lowest BCUT2D eigenvalue weighted by molar-refractivity contribution is -0.146. The van der Waals surface area contributed by atoms with Crippen LogP contribution in [0.4, 0.5) is 0 Å². The average Bonchev–Trinajstić information content (AvgIpc) is 2.79. The lowest BCUT2D eigenvalue weighted by Gasteiger charge is -2.32. The van der Waals surface area contributed by atoms with Crippen molar-refractivity contribution in [2.45, 2.75) is 32.4 Å². The zero-order valence-corrected chi connectivity index (χ0v) is 17.7. The SMILES string of the molecule is CCOc1ccc(CN2CCC(C(=O)N[C@@H](C(=O)OC)c3ccccc3)CC2)cc1. The molecule has 160 valence electrons. The summed E-state index contributed by atoms with van der Waals surface area (Å²) >= 11 is 0. The Morgan fingerprint density at radius 3 is 2.33 bits per heavy atom. The highest BCUT2D eigenvalue weighted by Gasteiger charge is 2.29. The predicted molar refractivity (Wildman–Crippen MR) is 115 cm³/mol. The molecule has 0 aromatic heterocycles. The van der Waals surface area contributed by atoms with Crippen LogP contribution in [0.2, 0.25) is 0 Å². The minimum absolute atomic E-state index is 0.0880. The molecule has 6 heteroatoms. The normalized spacial score (nSPS) is 15.9. The summed E-state index contributed by atoms with van der Waals surface area (Å²) in [5.74, 6) is 0.241. The van der Waals surface area contributed by atoms with Crippen LogP contribution in [0.5, 0.6) is 5.75 Å². The van der Waals surface area contributed by atoms with Crippen LogP contribution in [-0.4, -0.2) is 43.6 Å². The van der Waals surface area contributed by atoms with Gasteiger partial charge in [-0.2, -0.15) is 0 Å². The summed E-state index contributed by atoms with van der Waals surface area (Å²) < 4.78 is 10.4. The highest BCUT2D eigenvalue weighted by Crippen LogP contribution is 2.22. The molecule has 2 aromatic rings. The summed E-state index contributed by atoms with van der Waals surface area (Å²) in [6, 6.07) is 16.6. The maximum Gasteiger partial charge on any atom is 0.333 e. The molecule has 0 unspecified atom stereocenters. The third kappa shape index (κ3) is 5.83. The Bertz CT molecular complexity index is 815. The van der Waals surface area contributed by atoms with Crippen molar-refractivity contribution in [3.05, 3.63) is 65.7 Å². The zero-order valence-electron chi connectivity index (χ0n) is 17.7. The molecule has 0 saturated carbocycles. The molecule has 1 atom stereocenters. The Morgan fingerprint density at radius 2 is 1.73 bits per heavy atom. The summed E-state index contributed by atoms with van der Waals surface area (Å²) in [5, 5.41) is 2.89. The first kappa shape index (κ1) is 21.8. The summed E-state index contributed by atoms with van der Waals surface area (Å²) in [4.78, 5) is 27.4. The number of ether oxygens (including phenoxy) is 2. The third-order valence-corrected chi connectivity index (χ3v) is 5.46. The van der Waals surface area contributed by atoms with Crippen LogP contribution in [0.3, 0.4) is 0 Å². The van der Waals surface area contributed by atoms with Gasteiger partial charge in [-0.3, -0.25) is 9.69 Å². The van der Waals surface area contributed by atoms with Crippen LogP contribution >= 0.6 is 0 Å². The molecule has 1 N–H and O–H groups in total. The van der Waals surface area contributed by atoms with Crippen LogP contribution < -0.4 is 10.1 Å². The quantitative estimate of drug-likeness (QED) is 0.676. The van der Waals surface area contributed by atoms with E-state index in [4.69, 9.17) is 9.47 Å². The zero-order chi connectivity index (χ0) is 21.3. The highest BCUT2D eigenvalue weighted by atomic mass is 16.5. The van der Waals surface area contributed by atoms with Gasteiger partial charge >= 0.3 is 5.97 Å². The van der Waals surface area contributed by atoms with Crippen LogP contribution in [-0.2, 0) is 20.9 Å². The number of hydrogen-bond donors (Lipinski definition) is 1. The molecule has 3 rings (SSSR count). The summed E-state index contributed by atoms with van der Waals surface area (Å²) in [6.07, 6.45) is 1.54. The summed E-state index contributed by atoms with van der Waals surface area (Å²) in [5.41, 5.74) is 1.96. The molecule has 0 aliphatic carbocycles. The molecule has 2 aromatic carbocycles. The van der Waals surface area contributed by atoms with Crippen molar-refractivity contribution in [2.24, 2.45) is 5.92 Å². The van der Waals surface area contributed by atoms with E-state index in [1.165, 1.54) is 12.7 Å². The van der Waals surface area contributed by atoms with Crippen LogP contribution in [0, 0.1) is 5.92 Å². The van der Waals surface area contributed by atoms with E-state index < -0.39 is 12.0 Å². The van der Waals surface area contributed by atoms with Crippen LogP contribution in [0.1, 0.15) is 36.9 Å². The number of nitrogens with one attached hydrogen (secondary N) is 1. The monoisotopic (exact) mass is 410 g/mol. The number of rotatable bonds is 8. The fourth-order valence-electron chi connectivity index (χ4n) is 3.77. The molecule has 30 heavy (non-hydrogen) atoms. The van der Waals surface area contributed by atoms with Gasteiger partial charge in [-0.1, -0.05) is 42.5 Å². The van der Waals surface area contributed by atoms with Crippen molar-refractivity contribution in [3.8, 4) is 5.75 Å². The van der Waals surface area contributed by atoms with Crippen molar-refractivity contribution in [1.82, 2.24) is 10.2 Å². The number of likely N-dealkylation sites (tertiary alicyclic amines) is 1. The number of methoxy groups -OCH3 is 1. The maximum absolute atomic E-state index is 12.8. The molecule has 1 saturated heterocycles. The fourth-order valence-corrected chi connectivity index (χ4v) is 3.77. The number of piperidine rings is 1. The van der Waals surface area contributed by atoms with E-state index in [0.29, 0.717) is 6.61 Å². The molecule has 6 nitrogen and oxygen atoms in total. The molecule has 0 spiro atoms. The minimum atomic E-state index is -0.773. The Morgan fingerprint density at radius 1 is 1.07 bits per heavy atom. The van der Waals surface area contributed by atoms with E-state index >= 15 is 0 Å². The van der Waals surface area contributed by atoms with Crippen LogP contribution in [0.15, 0.2) is 54.6 Å². The van der Waals surface area contributed by atoms with E-state index in [1.807, 2.05) is 49.4 Å². The Kier molecular flexibility index (Phi) is 7.85. The number of carbonyl (C=O) groups is 2.